The molecule has 0 aromatic rings. The number of nitrogens with zero attached hydrogens (tertiary/aromatic N) is 1. The van der Waals surface area contributed by atoms with Gasteiger partial charge in [-0.05, 0) is 51.6 Å². The summed E-state index contributed by atoms with van der Waals surface area (Å²) in [6.07, 6.45) is 7.99. The van der Waals surface area contributed by atoms with Crippen LogP contribution in [-0.2, 0) is 14.3 Å². The Morgan fingerprint density at radius 2 is 2.00 bits per heavy atom. The molecule has 2 aliphatic heterocycles. The highest BCUT2D eigenvalue weighted by atomic mass is 16.5. The molecule has 0 aromatic carbocycles. The molecular weight excluding hydrogens is 254 g/mol. The Morgan fingerprint density at radius 3 is 2.60 bits per heavy atom. The number of hydrogen-bond acceptors (Lipinski definition) is 4. The van der Waals surface area contributed by atoms with E-state index in [1.807, 2.05) is 6.92 Å². The summed E-state index contributed by atoms with van der Waals surface area (Å²) in [5, 5.41) is 0. The minimum atomic E-state index is -0.0488. The Kier molecular flexibility index (Phi) is 6.80. The van der Waals surface area contributed by atoms with Crippen molar-refractivity contribution in [3.63, 3.8) is 0 Å². The van der Waals surface area contributed by atoms with Crippen molar-refractivity contribution in [3.8, 4) is 0 Å². The smallest absolute Gasteiger partial charge is 0.307 e. The van der Waals surface area contributed by atoms with Crippen molar-refractivity contribution in [2.75, 3.05) is 32.9 Å². The Labute approximate surface area is 122 Å². The SMILES string of the molecule is CCOC(=O)CC(C1CCCOC1)N1CCCCCC1. The largest absolute Gasteiger partial charge is 0.466 e. The molecular formula is C16H29NO3. The first-order chi connectivity index (χ1) is 9.81. The zero-order valence-electron chi connectivity index (χ0n) is 12.8. The molecule has 4 heteroatoms. The molecule has 0 aliphatic carbocycles. The highest BCUT2D eigenvalue weighted by Gasteiger charge is 2.31. The number of esters is 1. The fourth-order valence-corrected chi connectivity index (χ4v) is 3.48. The van der Waals surface area contributed by atoms with E-state index in [1.54, 1.807) is 0 Å². The third-order valence-electron chi connectivity index (χ3n) is 4.53. The molecule has 2 aliphatic rings. The summed E-state index contributed by atoms with van der Waals surface area (Å²) in [5.41, 5.74) is 0. The van der Waals surface area contributed by atoms with E-state index in [0.717, 1.165) is 32.7 Å². The van der Waals surface area contributed by atoms with Crippen molar-refractivity contribution in [1.82, 2.24) is 4.90 Å². The predicted molar refractivity (Wildman–Crippen MR) is 78.6 cm³/mol. The van der Waals surface area contributed by atoms with Crippen molar-refractivity contribution in [2.24, 2.45) is 5.92 Å². The van der Waals surface area contributed by atoms with Crippen LogP contribution in [-0.4, -0.2) is 49.8 Å². The van der Waals surface area contributed by atoms with E-state index in [4.69, 9.17) is 9.47 Å². The lowest BCUT2D eigenvalue weighted by atomic mass is 9.90. The van der Waals surface area contributed by atoms with Gasteiger partial charge in [0.2, 0.25) is 0 Å². The van der Waals surface area contributed by atoms with Crippen LogP contribution >= 0.6 is 0 Å². The monoisotopic (exact) mass is 283 g/mol. The normalized spacial score (nSPS) is 26.8. The Balaban J connectivity index is 1.98. The standard InChI is InChI=1S/C16H29NO3/c1-2-20-16(18)12-15(14-8-7-11-19-13-14)17-9-5-3-4-6-10-17/h14-15H,2-13H2,1H3. The van der Waals surface area contributed by atoms with Crippen LogP contribution in [0.4, 0.5) is 0 Å². The van der Waals surface area contributed by atoms with Crippen LogP contribution in [0, 0.1) is 5.92 Å². The van der Waals surface area contributed by atoms with Gasteiger partial charge in [-0.2, -0.15) is 0 Å². The van der Waals surface area contributed by atoms with E-state index < -0.39 is 0 Å². The van der Waals surface area contributed by atoms with Gasteiger partial charge in [-0.1, -0.05) is 12.8 Å². The highest BCUT2D eigenvalue weighted by molar-refractivity contribution is 5.70. The molecule has 0 spiro atoms. The summed E-state index contributed by atoms with van der Waals surface area (Å²) in [7, 11) is 0. The van der Waals surface area contributed by atoms with Crippen molar-refractivity contribution in [2.45, 2.75) is 57.9 Å². The van der Waals surface area contributed by atoms with Gasteiger partial charge >= 0.3 is 5.97 Å². The lowest BCUT2D eigenvalue weighted by Gasteiger charge is -2.37. The van der Waals surface area contributed by atoms with E-state index in [-0.39, 0.29) is 5.97 Å². The van der Waals surface area contributed by atoms with E-state index in [9.17, 15) is 4.79 Å². The van der Waals surface area contributed by atoms with Crippen molar-refractivity contribution >= 4 is 5.97 Å². The van der Waals surface area contributed by atoms with Crippen LogP contribution in [0.2, 0.25) is 0 Å². The molecule has 0 bridgehead atoms. The fourth-order valence-electron chi connectivity index (χ4n) is 3.48. The number of carbonyl (C=O) groups is 1. The topological polar surface area (TPSA) is 38.8 Å². The zero-order valence-corrected chi connectivity index (χ0v) is 12.8. The first-order valence-corrected chi connectivity index (χ1v) is 8.28. The molecule has 2 unspecified atom stereocenters. The number of ether oxygens (including phenoxy) is 2. The van der Waals surface area contributed by atoms with Crippen molar-refractivity contribution in [1.29, 1.82) is 0 Å². The predicted octanol–water partition coefficient (Wildman–Crippen LogP) is 2.61. The van der Waals surface area contributed by atoms with Crippen molar-refractivity contribution in [3.05, 3.63) is 0 Å². The van der Waals surface area contributed by atoms with Gasteiger partial charge in [0.05, 0.1) is 19.6 Å². The summed E-state index contributed by atoms with van der Waals surface area (Å²) in [5.74, 6) is 0.443. The molecule has 2 atom stereocenters. The molecule has 2 saturated heterocycles. The van der Waals surface area contributed by atoms with Crippen LogP contribution in [0.25, 0.3) is 0 Å². The molecule has 2 rings (SSSR count). The van der Waals surface area contributed by atoms with Crippen molar-refractivity contribution < 1.29 is 14.3 Å². The molecule has 2 heterocycles. The first kappa shape index (κ1) is 15.8. The quantitative estimate of drug-likeness (QED) is 0.727. The van der Waals surface area contributed by atoms with Crippen LogP contribution in [0.3, 0.4) is 0 Å². The van der Waals surface area contributed by atoms with Crippen LogP contribution < -0.4 is 0 Å². The molecule has 116 valence electrons. The maximum atomic E-state index is 11.9. The molecule has 0 radical (unpaired) electrons. The van der Waals surface area contributed by atoms with Gasteiger partial charge in [0.15, 0.2) is 0 Å². The number of likely N-dealkylation sites (tertiary alicyclic amines) is 1. The van der Waals surface area contributed by atoms with Crippen LogP contribution in [0.5, 0.6) is 0 Å². The van der Waals surface area contributed by atoms with E-state index in [1.165, 1.54) is 32.1 Å². The molecule has 0 amide bonds. The molecule has 4 nitrogen and oxygen atoms in total. The Bertz CT molecular complexity index is 281. The van der Waals surface area contributed by atoms with Crippen LogP contribution in [0.1, 0.15) is 51.9 Å². The summed E-state index contributed by atoms with van der Waals surface area (Å²) in [4.78, 5) is 14.5. The van der Waals surface area contributed by atoms with Crippen LogP contribution in [0.15, 0.2) is 0 Å². The first-order valence-electron chi connectivity index (χ1n) is 8.28. The van der Waals surface area contributed by atoms with Gasteiger partial charge in [0, 0.05) is 12.6 Å². The second kappa shape index (κ2) is 8.63. The summed E-state index contributed by atoms with van der Waals surface area (Å²) < 4.78 is 10.8. The van der Waals surface area contributed by atoms with E-state index in [2.05, 4.69) is 4.90 Å². The van der Waals surface area contributed by atoms with Gasteiger partial charge in [-0.3, -0.25) is 9.69 Å². The molecule has 0 saturated carbocycles. The summed E-state index contributed by atoms with van der Waals surface area (Å²) >= 11 is 0. The maximum Gasteiger partial charge on any atom is 0.307 e. The fraction of sp³-hybridized carbons (Fsp3) is 0.938. The van der Waals surface area contributed by atoms with Gasteiger partial charge in [0.1, 0.15) is 0 Å². The van der Waals surface area contributed by atoms with E-state index >= 15 is 0 Å². The highest BCUT2D eigenvalue weighted by Crippen LogP contribution is 2.26. The second-order valence-corrected chi connectivity index (χ2v) is 6.00. The molecule has 0 N–H and O–H groups in total. The lowest BCUT2D eigenvalue weighted by Crippen LogP contribution is -2.45. The summed E-state index contributed by atoms with van der Waals surface area (Å²) in [6, 6.07) is 0.312. The number of carbonyl (C=O) groups excluding carboxylic acids is 1. The zero-order chi connectivity index (χ0) is 14.2. The minimum absolute atomic E-state index is 0.0488. The lowest BCUT2D eigenvalue weighted by molar-refractivity contribution is -0.145. The Morgan fingerprint density at radius 1 is 1.25 bits per heavy atom. The van der Waals surface area contributed by atoms with E-state index in [0.29, 0.717) is 25.0 Å². The third kappa shape index (κ3) is 4.74. The second-order valence-electron chi connectivity index (χ2n) is 6.00. The van der Waals surface area contributed by atoms with Gasteiger partial charge in [-0.25, -0.2) is 0 Å². The van der Waals surface area contributed by atoms with Gasteiger partial charge < -0.3 is 9.47 Å². The number of rotatable bonds is 5. The minimum Gasteiger partial charge on any atom is -0.466 e. The molecule has 20 heavy (non-hydrogen) atoms. The summed E-state index contributed by atoms with van der Waals surface area (Å²) in [6.45, 7) is 6.29. The third-order valence-corrected chi connectivity index (χ3v) is 4.53. The average molecular weight is 283 g/mol. The van der Waals surface area contributed by atoms with Gasteiger partial charge in [-0.15, -0.1) is 0 Å². The Hall–Kier alpha value is -0.610. The van der Waals surface area contributed by atoms with Gasteiger partial charge in [0.25, 0.3) is 0 Å². The maximum absolute atomic E-state index is 11.9. The number of hydrogen-bond donors (Lipinski definition) is 0. The molecule has 2 fully saturated rings. The molecule has 0 aromatic heterocycles. The average Bonchev–Trinajstić information content (AvgIpc) is 2.75.